The van der Waals surface area contributed by atoms with Gasteiger partial charge in [0.05, 0.1) is 4.47 Å². The molecule has 0 aliphatic rings. The van der Waals surface area contributed by atoms with Crippen LogP contribution in [0, 0.1) is 5.82 Å². The molecule has 0 saturated carbocycles. The summed E-state index contributed by atoms with van der Waals surface area (Å²) in [6, 6.07) is 5.53. The topological polar surface area (TPSA) is 21.3 Å². The van der Waals surface area contributed by atoms with Crippen molar-refractivity contribution in [2.45, 2.75) is 32.2 Å². The van der Waals surface area contributed by atoms with E-state index in [-0.39, 0.29) is 11.9 Å². The Kier molecular flexibility index (Phi) is 7.47. The molecule has 2 nitrogen and oxygen atoms in total. The average molecular weight is 318 g/mol. The molecule has 0 aliphatic heterocycles. The number of nitrogens with one attached hydrogen (secondary N) is 1. The van der Waals surface area contributed by atoms with Crippen LogP contribution in [-0.4, -0.2) is 20.3 Å². The van der Waals surface area contributed by atoms with E-state index in [1.54, 1.807) is 19.2 Å². The molecule has 102 valence electrons. The SMILES string of the molecule is CCCNC(CCCOC)c1ccc(Br)c(F)c1. The maximum atomic E-state index is 13.6. The van der Waals surface area contributed by atoms with E-state index in [0.717, 1.165) is 38.0 Å². The molecule has 0 heterocycles. The lowest BCUT2D eigenvalue weighted by atomic mass is 10.0. The van der Waals surface area contributed by atoms with Crippen LogP contribution in [0.3, 0.4) is 0 Å². The molecule has 0 amide bonds. The lowest BCUT2D eigenvalue weighted by Crippen LogP contribution is -2.22. The second-order valence-corrected chi connectivity index (χ2v) is 5.17. The first-order valence-electron chi connectivity index (χ1n) is 6.36. The van der Waals surface area contributed by atoms with E-state index in [4.69, 9.17) is 4.74 Å². The summed E-state index contributed by atoms with van der Waals surface area (Å²) < 4.78 is 19.1. The highest BCUT2D eigenvalue weighted by atomic mass is 79.9. The van der Waals surface area contributed by atoms with E-state index >= 15 is 0 Å². The number of halogens is 2. The van der Waals surface area contributed by atoms with Gasteiger partial charge in [-0.05, 0) is 59.4 Å². The largest absolute Gasteiger partial charge is 0.385 e. The van der Waals surface area contributed by atoms with Gasteiger partial charge in [-0.15, -0.1) is 0 Å². The molecular weight excluding hydrogens is 297 g/mol. The Labute approximate surface area is 117 Å². The second-order valence-electron chi connectivity index (χ2n) is 4.32. The quantitative estimate of drug-likeness (QED) is 0.730. The Morgan fingerprint density at radius 3 is 2.83 bits per heavy atom. The molecule has 0 fully saturated rings. The summed E-state index contributed by atoms with van der Waals surface area (Å²) >= 11 is 3.18. The number of ether oxygens (including phenoxy) is 1. The molecule has 0 radical (unpaired) electrons. The Balaban J connectivity index is 2.70. The third-order valence-electron chi connectivity index (χ3n) is 2.83. The highest BCUT2D eigenvalue weighted by molar-refractivity contribution is 9.10. The Hall–Kier alpha value is -0.450. The Morgan fingerprint density at radius 1 is 1.44 bits per heavy atom. The highest BCUT2D eigenvalue weighted by Crippen LogP contribution is 2.23. The van der Waals surface area contributed by atoms with Crippen molar-refractivity contribution in [1.29, 1.82) is 0 Å². The molecule has 1 unspecified atom stereocenters. The zero-order valence-electron chi connectivity index (χ0n) is 11.0. The Morgan fingerprint density at radius 2 is 2.22 bits per heavy atom. The van der Waals surface area contributed by atoms with Crippen LogP contribution in [0.15, 0.2) is 22.7 Å². The molecule has 1 aromatic carbocycles. The molecule has 1 rings (SSSR count). The third kappa shape index (κ3) is 5.04. The molecule has 4 heteroatoms. The first-order chi connectivity index (χ1) is 8.69. The van der Waals surface area contributed by atoms with E-state index < -0.39 is 0 Å². The smallest absolute Gasteiger partial charge is 0.137 e. The number of hydrogen-bond acceptors (Lipinski definition) is 2. The lowest BCUT2D eigenvalue weighted by Gasteiger charge is -2.19. The predicted octanol–water partition coefficient (Wildman–Crippen LogP) is 4.06. The van der Waals surface area contributed by atoms with Crippen molar-refractivity contribution in [2.75, 3.05) is 20.3 Å². The minimum absolute atomic E-state index is 0.197. The summed E-state index contributed by atoms with van der Waals surface area (Å²) in [7, 11) is 1.70. The van der Waals surface area contributed by atoms with Gasteiger partial charge >= 0.3 is 0 Å². The van der Waals surface area contributed by atoms with Crippen molar-refractivity contribution in [2.24, 2.45) is 0 Å². The van der Waals surface area contributed by atoms with E-state index in [9.17, 15) is 4.39 Å². The minimum Gasteiger partial charge on any atom is -0.385 e. The summed E-state index contributed by atoms with van der Waals surface area (Å²) in [5, 5.41) is 3.45. The standard InChI is InChI=1S/C14H21BrFNO/c1-3-8-17-14(5-4-9-18-2)11-6-7-12(15)13(16)10-11/h6-7,10,14,17H,3-5,8-9H2,1-2H3. The maximum Gasteiger partial charge on any atom is 0.137 e. The van der Waals surface area contributed by atoms with E-state index in [1.165, 1.54) is 0 Å². The van der Waals surface area contributed by atoms with Crippen LogP contribution in [-0.2, 0) is 4.74 Å². The fourth-order valence-corrected chi connectivity index (χ4v) is 2.11. The monoisotopic (exact) mass is 317 g/mol. The minimum atomic E-state index is -0.206. The number of benzene rings is 1. The summed E-state index contributed by atoms with van der Waals surface area (Å²) in [6.07, 6.45) is 2.99. The normalized spacial score (nSPS) is 12.7. The second kappa shape index (κ2) is 8.62. The van der Waals surface area contributed by atoms with Crippen molar-refractivity contribution in [3.8, 4) is 0 Å². The van der Waals surface area contributed by atoms with Crippen LogP contribution in [0.2, 0.25) is 0 Å². The molecular formula is C14H21BrFNO. The maximum absolute atomic E-state index is 13.6. The molecule has 0 aromatic heterocycles. The summed E-state index contributed by atoms with van der Waals surface area (Å²) in [6.45, 7) is 3.81. The summed E-state index contributed by atoms with van der Waals surface area (Å²) in [5.74, 6) is -0.206. The van der Waals surface area contributed by atoms with Crippen LogP contribution in [0.4, 0.5) is 4.39 Å². The van der Waals surface area contributed by atoms with Gasteiger partial charge in [-0.25, -0.2) is 4.39 Å². The zero-order valence-corrected chi connectivity index (χ0v) is 12.6. The molecule has 0 bridgehead atoms. The van der Waals surface area contributed by atoms with Crippen LogP contribution in [0.25, 0.3) is 0 Å². The zero-order chi connectivity index (χ0) is 13.4. The number of hydrogen-bond donors (Lipinski definition) is 1. The van der Waals surface area contributed by atoms with Gasteiger partial charge in [-0.1, -0.05) is 13.0 Å². The molecule has 1 aromatic rings. The van der Waals surface area contributed by atoms with Crippen LogP contribution in [0.5, 0.6) is 0 Å². The Bertz CT molecular complexity index is 360. The first-order valence-corrected chi connectivity index (χ1v) is 7.15. The summed E-state index contributed by atoms with van der Waals surface area (Å²) in [5.41, 5.74) is 1.00. The fourth-order valence-electron chi connectivity index (χ4n) is 1.87. The van der Waals surface area contributed by atoms with Crippen molar-refractivity contribution < 1.29 is 9.13 Å². The van der Waals surface area contributed by atoms with Gasteiger partial charge in [0.1, 0.15) is 5.82 Å². The van der Waals surface area contributed by atoms with Crippen LogP contribution < -0.4 is 5.32 Å². The van der Waals surface area contributed by atoms with Gasteiger partial charge in [0.15, 0.2) is 0 Å². The average Bonchev–Trinajstić information content (AvgIpc) is 2.37. The third-order valence-corrected chi connectivity index (χ3v) is 3.47. The van der Waals surface area contributed by atoms with Gasteiger partial charge in [0.2, 0.25) is 0 Å². The molecule has 1 atom stereocenters. The molecule has 0 spiro atoms. The van der Waals surface area contributed by atoms with Crippen LogP contribution in [0.1, 0.15) is 37.8 Å². The van der Waals surface area contributed by atoms with E-state index in [0.29, 0.717) is 4.47 Å². The van der Waals surface area contributed by atoms with E-state index in [2.05, 4.69) is 28.2 Å². The van der Waals surface area contributed by atoms with Crippen molar-refractivity contribution in [3.63, 3.8) is 0 Å². The van der Waals surface area contributed by atoms with E-state index in [1.807, 2.05) is 6.07 Å². The number of rotatable bonds is 8. The molecule has 0 aliphatic carbocycles. The first kappa shape index (κ1) is 15.6. The van der Waals surface area contributed by atoms with Gasteiger partial charge in [0.25, 0.3) is 0 Å². The summed E-state index contributed by atoms with van der Waals surface area (Å²) in [4.78, 5) is 0. The molecule has 18 heavy (non-hydrogen) atoms. The highest BCUT2D eigenvalue weighted by Gasteiger charge is 2.12. The van der Waals surface area contributed by atoms with Gasteiger partial charge in [-0.3, -0.25) is 0 Å². The molecule has 0 saturated heterocycles. The van der Waals surface area contributed by atoms with Crippen molar-refractivity contribution >= 4 is 15.9 Å². The van der Waals surface area contributed by atoms with Gasteiger partial charge in [-0.2, -0.15) is 0 Å². The lowest BCUT2D eigenvalue weighted by molar-refractivity contribution is 0.188. The number of methoxy groups -OCH3 is 1. The van der Waals surface area contributed by atoms with Crippen molar-refractivity contribution in [1.82, 2.24) is 5.32 Å². The van der Waals surface area contributed by atoms with Gasteiger partial charge < -0.3 is 10.1 Å². The predicted molar refractivity (Wildman–Crippen MR) is 76.2 cm³/mol. The fraction of sp³-hybridized carbons (Fsp3) is 0.571. The van der Waals surface area contributed by atoms with Crippen molar-refractivity contribution in [3.05, 3.63) is 34.1 Å². The molecule has 1 N–H and O–H groups in total. The van der Waals surface area contributed by atoms with Gasteiger partial charge in [0, 0.05) is 19.8 Å². The van der Waals surface area contributed by atoms with Crippen LogP contribution >= 0.6 is 15.9 Å².